The van der Waals surface area contributed by atoms with E-state index in [9.17, 15) is 8.78 Å². The summed E-state index contributed by atoms with van der Waals surface area (Å²) in [7, 11) is 0. The van der Waals surface area contributed by atoms with Crippen LogP contribution in [0.2, 0.25) is 10.0 Å². The second-order valence-electron chi connectivity index (χ2n) is 3.88. The molecule has 1 heterocycles. The third-order valence-corrected chi connectivity index (χ3v) is 3.84. The smallest absolute Gasteiger partial charge is 0.387 e. The molecular formula is C12H10Cl2F2N2OS. The van der Waals surface area contributed by atoms with E-state index >= 15 is 0 Å². The molecule has 20 heavy (non-hydrogen) atoms. The van der Waals surface area contributed by atoms with Gasteiger partial charge in [-0.2, -0.15) is 8.78 Å². The lowest BCUT2D eigenvalue weighted by Crippen LogP contribution is -2.04. The van der Waals surface area contributed by atoms with Crippen LogP contribution in [-0.2, 0) is 6.54 Å². The standard InChI is InChI=1S/C12H10Cl2F2N2OS/c1-6-5-20-10(18-6)4-17-7-2-8(13)11(9(14)3-7)19-12(15)16/h2-3,5,12,17H,4H2,1H3. The fraction of sp³-hybridized carbons (Fsp3) is 0.250. The highest BCUT2D eigenvalue weighted by molar-refractivity contribution is 7.09. The van der Waals surface area contributed by atoms with Gasteiger partial charge < -0.3 is 10.1 Å². The van der Waals surface area contributed by atoms with E-state index < -0.39 is 6.61 Å². The predicted molar refractivity (Wildman–Crippen MR) is 77.3 cm³/mol. The first kappa shape index (κ1) is 15.3. The molecule has 108 valence electrons. The molecule has 0 radical (unpaired) electrons. The molecule has 1 aromatic carbocycles. The summed E-state index contributed by atoms with van der Waals surface area (Å²) in [4.78, 5) is 4.29. The van der Waals surface area contributed by atoms with E-state index in [0.717, 1.165) is 10.7 Å². The Bertz CT molecular complexity index is 584. The van der Waals surface area contributed by atoms with Crippen LogP contribution in [-0.4, -0.2) is 11.6 Å². The molecule has 0 atom stereocenters. The lowest BCUT2D eigenvalue weighted by atomic mass is 10.3. The molecule has 0 amide bonds. The third-order valence-electron chi connectivity index (χ3n) is 2.32. The number of ether oxygens (including phenoxy) is 1. The van der Waals surface area contributed by atoms with Gasteiger partial charge in [0.1, 0.15) is 5.01 Å². The van der Waals surface area contributed by atoms with Gasteiger partial charge in [-0.3, -0.25) is 0 Å². The van der Waals surface area contributed by atoms with Crippen LogP contribution in [0.15, 0.2) is 17.5 Å². The van der Waals surface area contributed by atoms with E-state index in [2.05, 4.69) is 15.0 Å². The number of nitrogens with one attached hydrogen (secondary N) is 1. The molecule has 8 heteroatoms. The van der Waals surface area contributed by atoms with E-state index in [1.54, 1.807) is 0 Å². The van der Waals surface area contributed by atoms with Crippen LogP contribution in [0.3, 0.4) is 0 Å². The second-order valence-corrected chi connectivity index (χ2v) is 5.64. The predicted octanol–water partition coefficient (Wildman–Crippen LogP) is 4.97. The van der Waals surface area contributed by atoms with Gasteiger partial charge in [0.15, 0.2) is 5.75 Å². The number of thiazole rings is 1. The molecule has 0 aliphatic heterocycles. The van der Waals surface area contributed by atoms with Crippen molar-refractivity contribution in [3.8, 4) is 5.75 Å². The molecule has 1 aromatic heterocycles. The van der Waals surface area contributed by atoms with Gasteiger partial charge in [-0.1, -0.05) is 23.2 Å². The number of aryl methyl sites for hydroxylation is 1. The Morgan fingerprint density at radius 3 is 2.50 bits per heavy atom. The largest absolute Gasteiger partial charge is 0.432 e. The first-order valence-electron chi connectivity index (χ1n) is 5.54. The molecule has 0 saturated carbocycles. The minimum absolute atomic E-state index is 0.0237. The zero-order valence-electron chi connectivity index (χ0n) is 10.3. The first-order chi connectivity index (χ1) is 9.45. The average Bonchev–Trinajstić information content (AvgIpc) is 2.77. The van der Waals surface area contributed by atoms with Gasteiger partial charge in [0, 0.05) is 16.8 Å². The monoisotopic (exact) mass is 338 g/mol. The third kappa shape index (κ3) is 3.94. The van der Waals surface area contributed by atoms with E-state index in [-0.39, 0.29) is 15.8 Å². The number of hydrogen-bond acceptors (Lipinski definition) is 4. The minimum atomic E-state index is -2.97. The number of halogens is 4. The summed E-state index contributed by atoms with van der Waals surface area (Å²) in [5, 5.41) is 5.97. The van der Waals surface area contributed by atoms with Gasteiger partial charge in [0.2, 0.25) is 0 Å². The molecule has 3 nitrogen and oxygen atoms in total. The normalized spacial score (nSPS) is 10.9. The van der Waals surface area contributed by atoms with E-state index in [1.807, 2.05) is 12.3 Å². The Morgan fingerprint density at radius 1 is 1.35 bits per heavy atom. The van der Waals surface area contributed by atoms with Crippen molar-refractivity contribution in [2.24, 2.45) is 0 Å². The number of hydrogen-bond donors (Lipinski definition) is 1. The Hall–Kier alpha value is -1.11. The number of benzene rings is 1. The summed E-state index contributed by atoms with van der Waals surface area (Å²) in [5.41, 5.74) is 1.55. The van der Waals surface area contributed by atoms with Crippen LogP contribution < -0.4 is 10.1 Å². The average molecular weight is 339 g/mol. The second kappa shape index (κ2) is 6.56. The Morgan fingerprint density at radius 2 is 2.00 bits per heavy atom. The minimum Gasteiger partial charge on any atom is -0.432 e. The molecule has 0 saturated heterocycles. The van der Waals surface area contributed by atoms with Crippen molar-refractivity contribution in [1.82, 2.24) is 4.98 Å². The molecular weight excluding hydrogens is 329 g/mol. The highest BCUT2D eigenvalue weighted by Crippen LogP contribution is 2.37. The van der Waals surface area contributed by atoms with Gasteiger partial charge in [0.25, 0.3) is 0 Å². The number of anilines is 1. The number of rotatable bonds is 5. The lowest BCUT2D eigenvalue weighted by Gasteiger charge is -2.11. The fourth-order valence-electron chi connectivity index (χ4n) is 1.53. The molecule has 1 N–H and O–H groups in total. The van der Waals surface area contributed by atoms with Crippen molar-refractivity contribution in [1.29, 1.82) is 0 Å². The van der Waals surface area contributed by atoms with Crippen molar-refractivity contribution in [3.05, 3.63) is 38.3 Å². The van der Waals surface area contributed by atoms with E-state index in [4.69, 9.17) is 23.2 Å². The zero-order valence-corrected chi connectivity index (χ0v) is 12.6. The Labute approximate surface area is 128 Å². The van der Waals surface area contributed by atoms with Gasteiger partial charge >= 0.3 is 6.61 Å². The van der Waals surface area contributed by atoms with Crippen molar-refractivity contribution < 1.29 is 13.5 Å². The van der Waals surface area contributed by atoms with Crippen LogP contribution in [0.25, 0.3) is 0 Å². The maximum absolute atomic E-state index is 12.2. The van der Waals surface area contributed by atoms with E-state index in [0.29, 0.717) is 12.2 Å². The maximum Gasteiger partial charge on any atom is 0.387 e. The summed E-state index contributed by atoms with van der Waals surface area (Å²) in [6.07, 6.45) is 0. The number of alkyl halides is 2. The summed E-state index contributed by atoms with van der Waals surface area (Å²) >= 11 is 13.3. The topological polar surface area (TPSA) is 34.1 Å². The van der Waals surface area contributed by atoms with Gasteiger partial charge in [-0.25, -0.2) is 4.98 Å². The molecule has 2 aromatic rings. The Balaban J connectivity index is 2.09. The summed E-state index contributed by atoms with van der Waals surface area (Å²) < 4.78 is 28.6. The molecule has 0 spiro atoms. The van der Waals surface area contributed by atoms with Gasteiger partial charge in [-0.15, -0.1) is 11.3 Å². The highest BCUT2D eigenvalue weighted by atomic mass is 35.5. The maximum atomic E-state index is 12.2. The van der Waals surface area contributed by atoms with Crippen LogP contribution in [0.5, 0.6) is 5.75 Å². The molecule has 2 rings (SSSR count). The molecule has 0 aliphatic carbocycles. The zero-order chi connectivity index (χ0) is 14.7. The van der Waals surface area contributed by atoms with Crippen molar-refractivity contribution in [2.75, 3.05) is 5.32 Å². The van der Waals surface area contributed by atoms with Crippen molar-refractivity contribution >= 4 is 40.2 Å². The summed E-state index contributed by atoms with van der Waals surface area (Å²) in [5.74, 6) is -0.223. The summed E-state index contributed by atoms with van der Waals surface area (Å²) in [6, 6.07) is 2.96. The number of aromatic nitrogens is 1. The SMILES string of the molecule is Cc1csc(CNc2cc(Cl)c(OC(F)F)c(Cl)c2)n1. The van der Waals surface area contributed by atoms with E-state index in [1.165, 1.54) is 23.5 Å². The van der Waals surface area contributed by atoms with Crippen LogP contribution in [0.4, 0.5) is 14.5 Å². The Kier molecular flexibility index (Phi) is 5.01. The van der Waals surface area contributed by atoms with Crippen molar-refractivity contribution in [3.63, 3.8) is 0 Å². The molecule has 0 aliphatic rings. The van der Waals surface area contributed by atoms with Gasteiger partial charge in [0.05, 0.1) is 16.6 Å². The van der Waals surface area contributed by atoms with Crippen LogP contribution >= 0.6 is 34.5 Å². The lowest BCUT2D eigenvalue weighted by molar-refractivity contribution is -0.0497. The van der Waals surface area contributed by atoms with Gasteiger partial charge in [-0.05, 0) is 19.1 Å². The molecule has 0 bridgehead atoms. The quantitative estimate of drug-likeness (QED) is 0.835. The van der Waals surface area contributed by atoms with Crippen LogP contribution in [0, 0.1) is 6.92 Å². The molecule has 0 unspecified atom stereocenters. The first-order valence-corrected chi connectivity index (χ1v) is 7.18. The summed E-state index contributed by atoms with van der Waals surface area (Å²) in [6.45, 7) is -0.563. The van der Waals surface area contributed by atoms with Crippen LogP contribution in [0.1, 0.15) is 10.7 Å². The number of nitrogens with zero attached hydrogens (tertiary/aromatic N) is 1. The van der Waals surface area contributed by atoms with Crippen molar-refractivity contribution in [2.45, 2.75) is 20.1 Å². The fourth-order valence-corrected chi connectivity index (χ4v) is 2.81. The molecule has 0 fully saturated rings. The highest BCUT2D eigenvalue weighted by Gasteiger charge is 2.14.